The quantitative estimate of drug-likeness (QED) is 0.276. The third-order valence-corrected chi connectivity index (χ3v) is 5.37. The van der Waals surface area contributed by atoms with Crippen molar-refractivity contribution < 1.29 is 14.7 Å². The molecule has 164 valence electrons. The Labute approximate surface area is 196 Å². The lowest BCUT2D eigenvalue weighted by molar-refractivity contribution is -0.120. The number of rotatable bonds is 4. The first-order valence-corrected chi connectivity index (χ1v) is 10.7. The number of carbonyl (C=O) groups excluding carboxylic acids is 2. The van der Waals surface area contributed by atoms with E-state index in [1.165, 1.54) is 6.07 Å². The van der Waals surface area contributed by atoms with Crippen LogP contribution in [0.15, 0.2) is 97.1 Å². The molecular weight excluding hydrogens is 434 g/mol. The molecule has 0 atom stereocenters. The lowest BCUT2D eigenvalue weighted by Crippen LogP contribution is -2.49. The average Bonchev–Trinajstić information content (AvgIpc) is 2.83. The maximum atomic E-state index is 13.1. The second-order valence-electron chi connectivity index (χ2n) is 7.37. The molecule has 0 spiro atoms. The molecule has 0 unspecified atom stereocenters. The van der Waals surface area contributed by atoms with Crippen molar-refractivity contribution in [3.05, 3.63) is 114 Å². The maximum absolute atomic E-state index is 13.1. The van der Waals surface area contributed by atoms with Crippen molar-refractivity contribution in [2.75, 3.05) is 0 Å². The number of hydrogen-bond acceptors (Lipinski definition) is 4. The summed E-state index contributed by atoms with van der Waals surface area (Å²) >= 11 is 5.21. The number of hydrogen-bond donors (Lipinski definition) is 4. The molecule has 0 fully saturated rings. The summed E-state index contributed by atoms with van der Waals surface area (Å²) in [4.78, 5) is 25.6. The molecular formula is C26H21N3O3S. The minimum atomic E-state index is -0.586. The summed E-state index contributed by atoms with van der Waals surface area (Å²) in [6, 6.07) is 29.2. The van der Waals surface area contributed by atoms with Crippen LogP contribution in [0.4, 0.5) is 0 Å². The minimum Gasteiger partial charge on any atom is -0.507 e. The molecule has 0 heterocycles. The fraction of sp³-hybridized carbons (Fsp3) is 0.0385. The summed E-state index contributed by atoms with van der Waals surface area (Å²) < 4.78 is 0. The van der Waals surface area contributed by atoms with Crippen molar-refractivity contribution >= 4 is 39.9 Å². The molecule has 7 heteroatoms. The summed E-state index contributed by atoms with van der Waals surface area (Å²) in [7, 11) is 0. The molecule has 0 radical (unpaired) electrons. The number of hydrazine groups is 1. The lowest BCUT2D eigenvalue weighted by Gasteiger charge is -2.19. The predicted molar refractivity (Wildman–Crippen MR) is 132 cm³/mol. The summed E-state index contributed by atoms with van der Waals surface area (Å²) in [6.07, 6.45) is 0. The van der Waals surface area contributed by atoms with Gasteiger partial charge in [0.25, 0.3) is 5.91 Å². The molecule has 0 aliphatic rings. The molecule has 4 aromatic rings. The maximum Gasteiger partial charge on any atom is 0.273 e. The number of fused-ring (bicyclic) bond motifs is 1. The van der Waals surface area contributed by atoms with Crippen LogP contribution >= 0.6 is 12.2 Å². The Hall–Kier alpha value is -4.23. The molecule has 2 amide bonds. The molecule has 0 aromatic heterocycles. The van der Waals surface area contributed by atoms with E-state index in [-0.39, 0.29) is 22.3 Å². The second-order valence-corrected chi connectivity index (χ2v) is 7.78. The molecule has 4 N–H and O–H groups in total. The number of nitrogens with one attached hydrogen (secondary N) is 3. The number of aromatic hydroxyl groups is 1. The Kier molecular flexibility index (Phi) is 6.61. The van der Waals surface area contributed by atoms with Gasteiger partial charge in [-0.15, -0.1) is 0 Å². The first-order valence-electron chi connectivity index (χ1n) is 10.3. The smallest absolute Gasteiger partial charge is 0.273 e. The topological polar surface area (TPSA) is 90.5 Å². The first-order chi connectivity index (χ1) is 16.0. The third kappa shape index (κ3) is 5.16. The van der Waals surface area contributed by atoms with Gasteiger partial charge in [-0.1, -0.05) is 84.9 Å². The monoisotopic (exact) mass is 455 g/mol. The lowest BCUT2D eigenvalue weighted by atomic mass is 9.90. The van der Waals surface area contributed by atoms with E-state index in [1.807, 2.05) is 84.9 Å². The number of carbonyl (C=O) groups is 2. The van der Waals surface area contributed by atoms with Crippen LogP contribution in [0.1, 0.15) is 27.4 Å². The van der Waals surface area contributed by atoms with E-state index >= 15 is 0 Å². The fourth-order valence-electron chi connectivity index (χ4n) is 3.59. The van der Waals surface area contributed by atoms with Crippen LogP contribution < -0.4 is 16.2 Å². The zero-order chi connectivity index (χ0) is 23.2. The predicted octanol–water partition coefficient (Wildman–Crippen LogP) is 4.01. The largest absolute Gasteiger partial charge is 0.507 e. The normalized spacial score (nSPS) is 10.6. The number of benzene rings is 4. The van der Waals surface area contributed by atoms with Gasteiger partial charge in [0.1, 0.15) is 5.75 Å². The van der Waals surface area contributed by atoms with Crippen molar-refractivity contribution in [2.45, 2.75) is 5.92 Å². The minimum absolute atomic E-state index is 0.0644. The fourth-order valence-corrected chi connectivity index (χ4v) is 3.74. The van der Waals surface area contributed by atoms with Gasteiger partial charge in [-0.25, -0.2) is 0 Å². The van der Waals surface area contributed by atoms with Crippen molar-refractivity contribution in [1.29, 1.82) is 0 Å². The zero-order valence-corrected chi connectivity index (χ0v) is 18.3. The summed E-state index contributed by atoms with van der Waals surface area (Å²) in [5, 5.41) is 14.4. The Morgan fingerprint density at radius 3 is 1.82 bits per heavy atom. The van der Waals surface area contributed by atoms with E-state index < -0.39 is 11.8 Å². The van der Waals surface area contributed by atoms with Gasteiger partial charge < -0.3 is 10.4 Å². The summed E-state index contributed by atoms with van der Waals surface area (Å²) in [5.74, 6) is -1.66. The Balaban J connectivity index is 1.44. The zero-order valence-electron chi connectivity index (χ0n) is 17.5. The van der Waals surface area contributed by atoms with Crippen molar-refractivity contribution in [3.8, 4) is 5.75 Å². The van der Waals surface area contributed by atoms with Crippen molar-refractivity contribution in [3.63, 3.8) is 0 Å². The van der Waals surface area contributed by atoms with Crippen LogP contribution in [-0.2, 0) is 4.79 Å². The van der Waals surface area contributed by atoms with Crippen LogP contribution in [0.5, 0.6) is 5.75 Å². The molecule has 0 saturated carbocycles. The van der Waals surface area contributed by atoms with E-state index in [2.05, 4.69) is 16.2 Å². The number of amides is 2. The second kappa shape index (κ2) is 9.93. The van der Waals surface area contributed by atoms with Crippen LogP contribution in [0.25, 0.3) is 10.8 Å². The van der Waals surface area contributed by atoms with E-state index in [1.54, 1.807) is 6.07 Å². The average molecular weight is 456 g/mol. The van der Waals surface area contributed by atoms with Crippen LogP contribution in [0.3, 0.4) is 0 Å². The van der Waals surface area contributed by atoms with Gasteiger partial charge in [-0.3, -0.25) is 20.4 Å². The van der Waals surface area contributed by atoms with E-state index in [9.17, 15) is 14.7 Å². The standard InChI is InChI=1S/C26H21N3O3S/c30-22-16-20-14-8-7-13-19(20)15-21(22)24(31)28-29-26(33)27-25(32)23(17-9-3-1-4-10-17)18-11-5-2-6-12-18/h1-16,23,30H,(H,28,31)(H2,27,29,32,33). The van der Waals surface area contributed by atoms with Gasteiger partial charge in [-0.2, -0.15) is 0 Å². The highest BCUT2D eigenvalue weighted by Crippen LogP contribution is 2.25. The van der Waals surface area contributed by atoms with Gasteiger partial charge in [0.15, 0.2) is 5.11 Å². The highest BCUT2D eigenvalue weighted by atomic mass is 32.1. The van der Waals surface area contributed by atoms with Gasteiger partial charge >= 0.3 is 0 Å². The van der Waals surface area contributed by atoms with Gasteiger partial charge in [0.2, 0.25) is 5.91 Å². The number of thiocarbonyl (C=S) groups is 1. The number of phenols is 1. The number of phenolic OH excluding ortho intramolecular Hbond substituents is 1. The Morgan fingerprint density at radius 1 is 0.727 bits per heavy atom. The molecule has 33 heavy (non-hydrogen) atoms. The first kappa shape index (κ1) is 22.0. The molecule has 4 aromatic carbocycles. The Morgan fingerprint density at radius 2 is 1.24 bits per heavy atom. The molecule has 0 bridgehead atoms. The summed E-state index contributed by atoms with van der Waals surface area (Å²) in [6.45, 7) is 0. The van der Waals surface area contributed by atoms with E-state index in [0.29, 0.717) is 0 Å². The highest BCUT2D eigenvalue weighted by Gasteiger charge is 2.23. The highest BCUT2D eigenvalue weighted by molar-refractivity contribution is 7.80. The van der Waals surface area contributed by atoms with Crippen molar-refractivity contribution in [2.24, 2.45) is 0 Å². The van der Waals surface area contributed by atoms with Crippen LogP contribution in [0, 0.1) is 0 Å². The molecule has 0 saturated heterocycles. The van der Waals surface area contributed by atoms with E-state index in [0.717, 1.165) is 21.9 Å². The van der Waals surface area contributed by atoms with Gasteiger partial charge in [0.05, 0.1) is 11.5 Å². The van der Waals surface area contributed by atoms with Gasteiger partial charge in [-0.05, 0) is 46.2 Å². The molecule has 0 aliphatic carbocycles. The molecule has 4 rings (SSSR count). The third-order valence-electron chi connectivity index (χ3n) is 5.16. The summed E-state index contributed by atoms with van der Waals surface area (Å²) in [5.41, 5.74) is 6.67. The molecule has 0 aliphatic heterocycles. The van der Waals surface area contributed by atoms with E-state index in [4.69, 9.17) is 12.2 Å². The molecule has 6 nitrogen and oxygen atoms in total. The van der Waals surface area contributed by atoms with Crippen molar-refractivity contribution in [1.82, 2.24) is 16.2 Å². The Bertz CT molecular complexity index is 1270. The SMILES string of the molecule is O=C(NNC(=S)NC(=O)C(c1ccccc1)c1ccccc1)c1cc2ccccc2cc1O. The van der Waals surface area contributed by atoms with Crippen LogP contribution in [0.2, 0.25) is 0 Å². The van der Waals surface area contributed by atoms with Gasteiger partial charge in [0, 0.05) is 0 Å². The van der Waals surface area contributed by atoms with Crippen LogP contribution in [-0.4, -0.2) is 22.0 Å².